The fourth-order valence-corrected chi connectivity index (χ4v) is 3.69. The van der Waals surface area contributed by atoms with E-state index in [1.54, 1.807) is 36.4 Å². The predicted octanol–water partition coefficient (Wildman–Crippen LogP) is 6.23. The number of anilines is 5. The minimum atomic E-state index is 0.159. The Labute approximate surface area is 210 Å². The highest BCUT2D eigenvalue weighted by Crippen LogP contribution is 2.36. The second kappa shape index (κ2) is 9.88. The molecule has 3 aromatic carbocycles. The Balaban J connectivity index is 1.34. The molecule has 174 valence electrons. The lowest BCUT2D eigenvalue weighted by Crippen LogP contribution is -2.06. The van der Waals surface area contributed by atoms with Crippen LogP contribution in [0.1, 0.15) is 0 Å². The van der Waals surface area contributed by atoms with Crippen molar-refractivity contribution in [2.24, 2.45) is 0 Å². The normalized spacial score (nSPS) is 10.7. The molecule has 0 aliphatic carbocycles. The molecule has 2 aromatic heterocycles. The summed E-state index contributed by atoms with van der Waals surface area (Å²) >= 11 is 12.4. The van der Waals surface area contributed by atoms with E-state index in [9.17, 15) is 0 Å². The van der Waals surface area contributed by atoms with Crippen molar-refractivity contribution in [3.8, 4) is 17.3 Å². The van der Waals surface area contributed by atoms with Gasteiger partial charge >= 0.3 is 0 Å². The van der Waals surface area contributed by atoms with Gasteiger partial charge in [0.1, 0.15) is 17.9 Å². The number of halogens is 2. The van der Waals surface area contributed by atoms with Crippen LogP contribution in [0.4, 0.5) is 29.1 Å². The van der Waals surface area contributed by atoms with Crippen LogP contribution in [0, 0.1) is 0 Å². The minimum Gasteiger partial charge on any atom is -0.454 e. The van der Waals surface area contributed by atoms with Gasteiger partial charge in [-0.05, 0) is 36.4 Å². The van der Waals surface area contributed by atoms with E-state index >= 15 is 0 Å². The highest BCUT2D eigenvalue weighted by molar-refractivity contribution is 6.37. The first-order valence-electron chi connectivity index (χ1n) is 10.4. The van der Waals surface area contributed by atoms with Crippen LogP contribution in [0.3, 0.4) is 0 Å². The van der Waals surface area contributed by atoms with Gasteiger partial charge in [-0.3, -0.25) is 0 Å². The topological polar surface area (TPSA) is 116 Å². The van der Waals surface area contributed by atoms with Crippen molar-refractivity contribution in [2.75, 3.05) is 16.4 Å². The zero-order valence-electron chi connectivity index (χ0n) is 18.1. The summed E-state index contributed by atoms with van der Waals surface area (Å²) in [5, 5.41) is 11.6. The average molecular weight is 505 g/mol. The number of nitrogens with zero attached hydrogens (tertiary/aromatic N) is 5. The first-order chi connectivity index (χ1) is 17.0. The quantitative estimate of drug-likeness (QED) is 0.239. The lowest BCUT2D eigenvalue weighted by atomic mass is 10.3. The van der Waals surface area contributed by atoms with Crippen molar-refractivity contribution in [1.82, 2.24) is 24.7 Å². The van der Waals surface area contributed by atoms with Crippen LogP contribution in [0.2, 0.25) is 10.0 Å². The van der Waals surface area contributed by atoms with Gasteiger partial charge < -0.3 is 21.1 Å². The number of benzene rings is 3. The zero-order chi connectivity index (χ0) is 24.2. The first-order valence-corrected chi connectivity index (χ1v) is 11.2. The highest BCUT2D eigenvalue weighted by Gasteiger charge is 2.13. The Morgan fingerprint density at radius 1 is 0.800 bits per heavy atom. The van der Waals surface area contributed by atoms with Gasteiger partial charge in [-0.1, -0.05) is 53.5 Å². The molecule has 0 atom stereocenters. The molecule has 0 spiro atoms. The molecule has 0 saturated carbocycles. The molecule has 0 bridgehead atoms. The van der Waals surface area contributed by atoms with Crippen molar-refractivity contribution in [3.05, 3.63) is 95.2 Å². The maximum Gasteiger partial charge on any atom is 0.248 e. The van der Waals surface area contributed by atoms with E-state index in [1.807, 2.05) is 42.5 Å². The van der Waals surface area contributed by atoms with Gasteiger partial charge in [0.25, 0.3) is 0 Å². The molecule has 0 unspecified atom stereocenters. The molecule has 0 amide bonds. The number of nitrogen functional groups attached to an aromatic ring is 1. The summed E-state index contributed by atoms with van der Waals surface area (Å²) in [5.74, 6) is 2.41. The predicted molar refractivity (Wildman–Crippen MR) is 137 cm³/mol. The van der Waals surface area contributed by atoms with E-state index in [0.717, 1.165) is 5.69 Å². The van der Waals surface area contributed by atoms with Gasteiger partial charge in [0.2, 0.25) is 11.9 Å². The molecule has 0 fully saturated rings. The van der Waals surface area contributed by atoms with E-state index in [2.05, 4.69) is 30.7 Å². The number of para-hydroxylation sites is 2. The Bertz CT molecular complexity index is 1460. The molecule has 9 nitrogen and oxygen atoms in total. The average Bonchev–Trinajstić information content (AvgIpc) is 3.22. The summed E-state index contributed by atoms with van der Waals surface area (Å²) in [6.07, 6.45) is 1.43. The van der Waals surface area contributed by atoms with Crippen molar-refractivity contribution in [1.29, 1.82) is 0 Å². The van der Waals surface area contributed by atoms with Crippen LogP contribution >= 0.6 is 23.2 Å². The Kier molecular flexibility index (Phi) is 6.34. The highest BCUT2D eigenvalue weighted by atomic mass is 35.5. The summed E-state index contributed by atoms with van der Waals surface area (Å²) in [6, 6.07) is 23.8. The lowest BCUT2D eigenvalue weighted by Gasteiger charge is -2.10. The second-order valence-electron chi connectivity index (χ2n) is 7.26. The van der Waals surface area contributed by atoms with Crippen LogP contribution in [-0.2, 0) is 0 Å². The van der Waals surface area contributed by atoms with Crippen LogP contribution in [0.5, 0.6) is 11.5 Å². The maximum atomic E-state index is 6.21. The number of rotatable bonds is 7. The number of aromatic nitrogens is 5. The van der Waals surface area contributed by atoms with Gasteiger partial charge in [0, 0.05) is 23.5 Å². The van der Waals surface area contributed by atoms with E-state index in [0.29, 0.717) is 38.9 Å². The van der Waals surface area contributed by atoms with Gasteiger partial charge in [-0.15, -0.1) is 5.10 Å². The third-order valence-electron chi connectivity index (χ3n) is 4.78. The fraction of sp³-hybridized carbons (Fsp3) is 0. The maximum absolute atomic E-state index is 6.21. The van der Waals surface area contributed by atoms with Crippen molar-refractivity contribution in [2.45, 2.75) is 0 Å². The van der Waals surface area contributed by atoms with Gasteiger partial charge in [0.15, 0.2) is 11.6 Å². The third-order valence-corrected chi connectivity index (χ3v) is 5.37. The molecule has 4 N–H and O–H groups in total. The van der Waals surface area contributed by atoms with Crippen LogP contribution in [-0.4, -0.2) is 24.7 Å². The minimum absolute atomic E-state index is 0.159. The molecular formula is C24H18Cl2N8O. The number of nitrogens with one attached hydrogen (secondary N) is 2. The number of hydrogen-bond donors (Lipinski definition) is 3. The monoisotopic (exact) mass is 504 g/mol. The van der Waals surface area contributed by atoms with Crippen LogP contribution in [0.15, 0.2) is 85.2 Å². The molecule has 5 rings (SSSR count). The molecule has 0 aliphatic rings. The van der Waals surface area contributed by atoms with E-state index in [-0.39, 0.29) is 11.9 Å². The number of hydrogen-bond acceptors (Lipinski definition) is 8. The second-order valence-corrected chi connectivity index (χ2v) is 8.08. The summed E-state index contributed by atoms with van der Waals surface area (Å²) < 4.78 is 7.30. The summed E-state index contributed by atoms with van der Waals surface area (Å²) in [5.41, 5.74) is 7.68. The van der Waals surface area contributed by atoms with Crippen LogP contribution in [0.25, 0.3) is 5.82 Å². The SMILES string of the molecule is Nc1nc(Nc2cccc(Oc3c(Cl)cccc3Cl)c2)nn1-c1cc(Nc2ccccc2)ncn1. The number of nitrogens with two attached hydrogens (primary N) is 1. The molecule has 0 saturated heterocycles. The molecule has 2 heterocycles. The number of ether oxygens (including phenoxy) is 1. The largest absolute Gasteiger partial charge is 0.454 e. The molecular weight excluding hydrogens is 487 g/mol. The van der Waals surface area contributed by atoms with Crippen LogP contribution < -0.4 is 21.1 Å². The van der Waals surface area contributed by atoms with E-state index < -0.39 is 0 Å². The standard InChI is InChI=1S/C24H18Cl2N8O/c25-18-10-5-11-19(26)22(18)35-17-9-4-8-16(12-17)31-24-32-23(27)34(33-24)21-13-20(28-14-29-21)30-15-6-2-1-3-7-15/h1-14H,(H,28,29,30)(H3,27,31,32,33). The lowest BCUT2D eigenvalue weighted by molar-refractivity contribution is 0.483. The fourth-order valence-electron chi connectivity index (χ4n) is 3.21. The van der Waals surface area contributed by atoms with Crippen molar-refractivity contribution >= 4 is 52.3 Å². The van der Waals surface area contributed by atoms with E-state index in [1.165, 1.54) is 11.0 Å². The summed E-state index contributed by atoms with van der Waals surface area (Å²) in [6.45, 7) is 0. The molecule has 35 heavy (non-hydrogen) atoms. The van der Waals surface area contributed by atoms with Gasteiger partial charge in [0.05, 0.1) is 10.0 Å². The Morgan fingerprint density at radius 2 is 1.54 bits per heavy atom. The molecule has 0 aliphatic heterocycles. The van der Waals surface area contributed by atoms with Crippen molar-refractivity contribution < 1.29 is 4.74 Å². The third kappa shape index (κ3) is 5.26. The van der Waals surface area contributed by atoms with Gasteiger partial charge in [-0.25, -0.2) is 9.97 Å². The van der Waals surface area contributed by atoms with E-state index in [4.69, 9.17) is 33.7 Å². The zero-order valence-corrected chi connectivity index (χ0v) is 19.6. The Morgan fingerprint density at radius 3 is 2.34 bits per heavy atom. The smallest absolute Gasteiger partial charge is 0.248 e. The molecule has 0 radical (unpaired) electrons. The first kappa shape index (κ1) is 22.5. The summed E-state index contributed by atoms with van der Waals surface area (Å²) in [7, 11) is 0. The van der Waals surface area contributed by atoms with Gasteiger partial charge in [-0.2, -0.15) is 9.67 Å². The molecule has 11 heteroatoms. The van der Waals surface area contributed by atoms with Crippen molar-refractivity contribution in [3.63, 3.8) is 0 Å². The summed E-state index contributed by atoms with van der Waals surface area (Å²) in [4.78, 5) is 12.8. The Hall–Kier alpha value is -4.34. The molecule has 5 aromatic rings.